The van der Waals surface area contributed by atoms with Crippen molar-refractivity contribution < 1.29 is 9.90 Å². The predicted molar refractivity (Wildman–Crippen MR) is 90.7 cm³/mol. The van der Waals surface area contributed by atoms with Crippen LogP contribution in [0.25, 0.3) is 0 Å². The highest BCUT2D eigenvalue weighted by molar-refractivity contribution is 5.76. The molecule has 1 aromatic carbocycles. The second kappa shape index (κ2) is 7.95. The Balaban J connectivity index is 1.44. The minimum absolute atomic E-state index is 0.00569. The van der Waals surface area contributed by atoms with Crippen molar-refractivity contribution in [3.05, 3.63) is 41.5 Å². The van der Waals surface area contributed by atoms with Crippen molar-refractivity contribution in [3.63, 3.8) is 0 Å². The van der Waals surface area contributed by atoms with Gasteiger partial charge in [-0.05, 0) is 30.9 Å². The third kappa shape index (κ3) is 4.13. The summed E-state index contributed by atoms with van der Waals surface area (Å²) in [6, 6.07) is 7.13. The summed E-state index contributed by atoms with van der Waals surface area (Å²) in [4.78, 5) is 12.0. The fraction of sp³-hybridized carbons (Fsp3) is 0.500. The summed E-state index contributed by atoms with van der Waals surface area (Å²) in [5.41, 5.74) is 0.801. The summed E-state index contributed by atoms with van der Waals surface area (Å²) >= 11 is 0. The highest BCUT2D eigenvalue weighted by Crippen LogP contribution is 2.17. The fourth-order valence-corrected chi connectivity index (χ4v) is 3.10. The van der Waals surface area contributed by atoms with Gasteiger partial charge in [-0.3, -0.25) is 4.79 Å². The van der Waals surface area contributed by atoms with Crippen molar-refractivity contribution in [2.24, 2.45) is 0 Å². The van der Waals surface area contributed by atoms with Crippen LogP contribution in [-0.2, 0) is 30.6 Å². The van der Waals surface area contributed by atoms with Gasteiger partial charge in [-0.2, -0.15) is 0 Å². The number of phenolic OH excluding ortho intramolecular Hbond substituents is 1. The van der Waals surface area contributed by atoms with Gasteiger partial charge < -0.3 is 15.0 Å². The number of hydrogen-bond donors (Lipinski definition) is 2. The summed E-state index contributed by atoms with van der Waals surface area (Å²) in [7, 11) is 0. The molecular formula is C18H24N4O2. The van der Waals surface area contributed by atoms with Gasteiger partial charge in [-0.1, -0.05) is 24.6 Å². The van der Waals surface area contributed by atoms with Crippen molar-refractivity contribution >= 4 is 5.91 Å². The van der Waals surface area contributed by atoms with E-state index in [-0.39, 0.29) is 11.7 Å². The highest BCUT2D eigenvalue weighted by Gasteiger charge is 2.14. The molecule has 0 bridgehead atoms. The Morgan fingerprint density at radius 1 is 1.17 bits per heavy atom. The summed E-state index contributed by atoms with van der Waals surface area (Å²) in [6.07, 6.45) is 6.21. The first-order valence-corrected chi connectivity index (χ1v) is 8.68. The van der Waals surface area contributed by atoms with Gasteiger partial charge in [-0.25, -0.2) is 0 Å². The van der Waals surface area contributed by atoms with Crippen molar-refractivity contribution in [2.45, 2.75) is 51.5 Å². The maximum absolute atomic E-state index is 12.0. The van der Waals surface area contributed by atoms with E-state index in [0.717, 1.165) is 30.2 Å². The number of carbonyl (C=O) groups excluding carboxylic acids is 1. The number of aromatic nitrogens is 3. The molecule has 1 aliphatic rings. The minimum Gasteiger partial charge on any atom is -0.508 e. The lowest BCUT2D eigenvalue weighted by Crippen LogP contribution is -2.26. The molecule has 2 heterocycles. The first kappa shape index (κ1) is 16.5. The third-order valence-electron chi connectivity index (χ3n) is 4.47. The number of phenols is 1. The number of hydrogen-bond acceptors (Lipinski definition) is 4. The molecule has 1 aromatic heterocycles. The number of para-hydroxylation sites is 1. The molecule has 3 rings (SSSR count). The second-order valence-corrected chi connectivity index (χ2v) is 6.22. The Morgan fingerprint density at radius 2 is 2.04 bits per heavy atom. The van der Waals surface area contributed by atoms with E-state index in [4.69, 9.17) is 0 Å². The quantitative estimate of drug-likeness (QED) is 0.850. The Hall–Kier alpha value is -2.37. The van der Waals surface area contributed by atoms with Gasteiger partial charge >= 0.3 is 0 Å². The van der Waals surface area contributed by atoms with Crippen molar-refractivity contribution in [1.29, 1.82) is 0 Å². The van der Waals surface area contributed by atoms with E-state index in [1.54, 1.807) is 12.1 Å². The van der Waals surface area contributed by atoms with Gasteiger partial charge in [0, 0.05) is 32.4 Å². The molecule has 0 saturated heterocycles. The standard InChI is InChI=1S/C18H24N4O2/c23-15-7-4-3-6-14(15)9-10-18(24)19-12-11-17-21-20-16-8-2-1-5-13-22(16)17/h3-4,6-7,23H,1-2,5,8-13H2,(H,19,24). The molecule has 1 aliphatic heterocycles. The van der Waals surface area contributed by atoms with Crippen LogP contribution in [-0.4, -0.2) is 32.3 Å². The van der Waals surface area contributed by atoms with Gasteiger partial charge in [0.2, 0.25) is 5.91 Å². The molecular weight excluding hydrogens is 304 g/mol. The number of nitrogens with one attached hydrogen (secondary N) is 1. The van der Waals surface area contributed by atoms with Crippen LogP contribution >= 0.6 is 0 Å². The summed E-state index contributed by atoms with van der Waals surface area (Å²) < 4.78 is 2.21. The normalized spacial score (nSPS) is 14.0. The zero-order chi connectivity index (χ0) is 16.8. The van der Waals surface area contributed by atoms with Crippen LogP contribution in [0, 0.1) is 0 Å². The average molecular weight is 328 g/mol. The molecule has 0 spiro atoms. The SMILES string of the molecule is O=C(CCc1ccccc1O)NCCc1nnc2n1CCCCC2. The molecule has 1 amide bonds. The molecule has 6 nitrogen and oxygen atoms in total. The molecule has 0 saturated carbocycles. The van der Waals surface area contributed by atoms with Gasteiger partial charge in [0.05, 0.1) is 0 Å². The lowest BCUT2D eigenvalue weighted by molar-refractivity contribution is -0.121. The van der Waals surface area contributed by atoms with Crippen LogP contribution < -0.4 is 5.32 Å². The highest BCUT2D eigenvalue weighted by atomic mass is 16.3. The van der Waals surface area contributed by atoms with E-state index in [0.29, 0.717) is 25.8 Å². The van der Waals surface area contributed by atoms with E-state index in [1.165, 1.54) is 19.3 Å². The molecule has 24 heavy (non-hydrogen) atoms. The van der Waals surface area contributed by atoms with E-state index < -0.39 is 0 Å². The third-order valence-corrected chi connectivity index (χ3v) is 4.47. The van der Waals surface area contributed by atoms with E-state index in [1.807, 2.05) is 12.1 Å². The van der Waals surface area contributed by atoms with Crippen molar-refractivity contribution in [3.8, 4) is 5.75 Å². The van der Waals surface area contributed by atoms with E-state index in [2.05, 4.69) is 20.1 Å². The summed E-state index contributed by atoms with van der Waals surface area (Å²) in [6.45, 7) is 1.55. The smallest absolute Gasteiger partial charge is 0.220 e. The number of rotatable bonds is 6. The largest absolute Gasteiger partial charge is 0.508 e. The number of fused-ring (bicyclic) bond motifs is 1. The second-order valence-electron chi connectivity index (χ2n) is 6.22. The van der Waals surface area contributed by atoms with E-state index in [9.17, 15) is 9.90 Å². The zero-order valence-corrected chi connectivity index (χ0v) is 13.9. The van der Waals surface area contributed by atoms with Gasteiger partial charge in [0.1, 0.15) is 17.4 Å². The Kier molecular flexibility index (Phi) is 5.46. The van der Waals surface area contributed by atoms with Crippen LogP contribution in [0.4, 0.5) is 0 Å². The van der Waals surface area contributed by atoms with Gasteiger partial charge in [0.15, 0.2) is 0 Å². The predicted octanol–water partition coefficient (Wildman–Crippen LogP) is 2.00. The number of aromatic hydroxyl groups is 1. The molecule has 0 aliphatic carbocycles. The Labute approximate surface area is 141 Å². The van der Waals surface area contributed by atoms with Crippen molar-refractivity contribution in [2.75, 3.05) is 6.54 Å². The van der Waals surface area contributed by atoms with Crippen LogP contribution in [0.15, 0.2) is 24.3 Å². The molecule has 128 valence electrons. The van der Waals surface area contributed by atoms with Gasteiger partial charge in [-0.15, -0.1) is 10.2 Å². The number of amides is 1. The average Bonchev–Trinajstić information content (AvgIpc) is 2.81. The number of aryl methyl sites for hydroxylation is 2. The van der Waals surface area contributed by atoms with Crippen LogP contribution in [0.2, 0.25) is 0 Å². The van der Waals surface area contributed by atoms with Crippen LogP contribution in [0.3, 0.4) is 0 Å². The number of carbonyl (C=O) groups is 1. The molecule has 6 heteroatoms. The molecule has 2 N–H and O–H groups in total. The maximum Gasteiger partial charge on any atom is 0.220 e. The minimum atomic E-state index is -0.00569. The molecule has 0 atom stereocenters. The van der Waals surface area contributed by atoms with Crippen LogP contribution in [0.1, 0.15) is 42.9 Å². The summed E-state index contributed by atoms with van der Waals surface area (Å²) in [5.74, 6) is 2.28. The fourth-order valence-electron chi connectivity index (χ4n) is 3.10. The molecule has 2 aromatic rings. The number of benzene rings is 1. The molecule has 0 unspecified atom stereocenters. The molecule has 0 fully saturated rings. The topological polar surface area (TPSA) is 80.0 Å². The van der Waals surface area contributed by atoms with Gasteiger partial charge in [0.25, 0.3) is 0 Å². The van der Waals surface area contributed by atoms with Crippen molar-refractivity contribution in [1.82, 2.24) is 20.1 Å². The monoisotopic (exact) mass is 328 g/mol. The maximum atomic E-state index is 12.0. The first-order valence-electron chi connectivity index (χ1n) is 8.68. The van der Waals surface area contributed by atoms with E-state index >= 15 is 0 Å². The lowest BCUT2D eigenvalue weighted by Gasteiger charge is -2.08. The number of nitrogens with zero attached hydrogens (tertiary/aromatic N) is 3. The molecule has 0 radical (unpaired) electrons. The first-order chi connectivity index (χ1) is 11.7. The summed E-state index contributed by atoms with van der Waals surface area (Å²) in [5, 5.41) is 21.2. The Morgan fingerprint density at radius 3 is 2.92 bits per heavy atom. The lowest BCUT2D eigenvalue weighted by atomic mass is 10.1. The van der Waals surface area contributed by atoms with Crippen LogP contribution in [0.5, 0.6) is 5.75 Å². The Bertz CT molecular complexity index is 696. The zero-order valence-electron chi connectivity index (χ0n) is 13.9.